The molecule has 1 aromatic heterocycles. The van der Waals surface area contributed by atoms with Gasteiger partial charge < -0.3 is 5.73 Å². The Morgan fingerprint density at radius 1 is 1.38 bits per heavy atom. The zero-order valence-corrected chi connectivity index (χ0v) is 9.81. The lowest BCUT2D eigenvalue weighted by molar-refractivity contribution is -0.143. The van der Waals surface area contributed by atoms with Gasteiger partial charge in [0.1, 0.15) is 0 Å². The van der Waals surface area contributed by atoms with Gasteiger partial charge >= 0.3 is 6.18 Å². The second kappa shape index (κ2) is 4.78. The van der Waals surface area contributed by atoms with Gasteiger partial charge in [0.15, 0.2) is 5.69 Å². The summed E-state index contributed by atoms with van der Waals surface area (Å²) in [7, 11) is 0. The fourth-order valence-electron chi connectivity index (χ4n) is 1.21. The van der Waals surface area contributed by atoms with E-state index in [-0.39, 0.29) is 15.7 Å². The first kappa shape index (κ1) is 13.6. The van der Waals surface area contributed by atoms with Crippen LogP contribution in [0.4, 0.5) is 22.0 Å². The fraction of sp³-hybridized carbons (Fsp3) is 0.375. The van der Waals surface area contributed by atoms with Gasteiger partial charge in [-0.15, -0.1) is 0 Å². The highest BCUT2D eigenvalue weighted by Gasteiger charge is 2.39. The minimum absolute atomic E-state index is 0.198. The lowest BCUT2D eigenvalue weighted by Gasteiger charge is -2.15. The molecule has 0 aliphatic carbocycles. The average Bonchev–Trinajstić information content (AvgIpc) is 2.14. The molecule has 8 heteroatoms. The summed E-state index contributed by atoms with van der Waals surface area (Å²) >= 11 is 1.62. The molecular formula is C8H6F5IN2. The quantitative estimate of drug-likeness (QED) is 0.656. The Hall–Kier alpha value is -0.510. The standard InChI is InChI=1S/C8H6F5IN2/c9-7(10)5-3(1-15)4(14)2-16-6(5)8(11,12)13/h2,7H,1,15H2. The van der Waals surface area contributed by atoms with Gasteiger partial charge in [-0.3, -0.25) is 4.98 Å². The van der Waals surface area contributed by atoms with Crippen LogP contribution in [0.3, 0.4) is 0 Å². The van der Waals surface area contributed by atoms with E-state index in [2.05, 4.69) is 4.98 Å². The summed E-state index contributed by atoms with van der Waals surface area (Å²) in [4.78, 5) is 3.01. The molecule has 0 aromatic carbocycles. The lowest BCUT2D eigenvalue weighted by Crippen LogP contribution is -2.17. The molecule has 0 aliphatic heterocycles. The van der Waals surface area contributed by atoms with Crippen molar-refractivity contribution in [3.63, 3.8) is 0 Å². The van der Waals surface area contributed by atoms with Gasteiger partial charge in [0.25, 0.3) is 6.43 Å². The smallest absolute Gasteiger partial charge is 0.326 e. The summed E-state index contributed by atoms with van der Waals surface area (Å²) in [6.45, 7) is -0.385. The summed E-state index contributed by atoms with van der Waals surface area (Å²) in [5.41, 5.74) is 2.27. The van der Waals surface area contributed by atoms with Crippen molar-refractivity contribution in [2.75, 3.05) is 0 Å². The van der Waals surface area contributed by atoms with Crippen molar-refractivity contribution in [2.45, 2.75) is 19.1 Å². The highest BCUT2D eigenvalue weighted by Crippen LogP contribution is 2.37. The van der Waals surface area contributed by atoms with Crippen LogP contribution in [-0.2, 0) is 12.7 Å². The molecule has 0 saturated heterocycles. The number of aromatic nitrogens is 1. The second-order valence-electron chi connectivity index (χ2n) is 2.85. The first-order chi connectivity index (χ1) is 7.29. The highest BCUT2D eigenvalue weighted by atomic mass is 127. The molecule has 0 radical (unpaired) electrons. The molecule has 1 rings (SSSR count). The molecular weight excluding hydrogens is 346 g/mol. The maximum Gasteiger partial charge on any atom is 0.433 e. The van der Waals surface area contributed by atoms with Crippen molar-refractivity contribution in [1.82, 2.24) is 4.98 Å². The molecule has 0 saturated carbocycles. The van der Waals surface area contributed by atoms with Crippen LogP contribution in [0.2, 0.25) is 0 Å². The van der Waals surface area contributed by atoms with Crippen LogP contribution >= 0.6 is 22.6 Å². The zero-order chi connectivity index (χ0) is 12.5. The maximum absolute atomic E-state index is 12.6. The molecule has 0 aliphatic rings. The molecule has 2 N–H and O–H groups in total. The van der Waals surface area contributed by atoms with Crippen molar-refractivity contribution < 1.29 is 22.0 Å². The Bertz CT molecular complexity index is 391. The van der Waals surface area contributed by atoms with Crippen LogP contribution in [0.1, 0.15) is 23.2 Å². The summed E-state index contributed by atoms with van der Waals surface area (Å²) in [6.07, 6.45) is -7.27. The van der Waals surface area contributed by atoms with Crippen molar-refractivity contribution in [2.24, 2.45) is 5.73 Å². The number of nitrogens with zero attached hydrogens (tertiary/aromatic N) is 1. The predicted molar refractivity (Wildman–Crippen MR) is 54.8 cm³/mol. The first-order valence-corrected chi connectivity index (χ1v) is 5.09. The van der Waals surface area contributed by atoms with Crippen molar-refractivity contribution in [1.29, 1.82) is 0 Å². The molecule has 0 amide bonds. The normalized spacial score (nSPS) is 12.2. The van der Waals surface area contributed by atoms with Crippen molar-refractivity contribution in [3.8, 4) is 0 Å². The van der Waals surface area contributed by atoms with E-state index in [1.807, 2.05) is 0 Å². The summed E-state index contributed by atoms with van der Waals surface area (Å²) in [5.74, 6) is 0. The molecule has 1 heterocycles. The summed E-state index contributed by atoms with van der Waals surface area (Å²) in [6, 6.07) is 0. The number of hydrogen-bond acceptors (Lipinski definition) is 2. The Labute approximate surface area is 101 Å². The molecule has 0 fully saturated rings. The van der Waals surface area contributed by atoms with Crippen molar-refractivity contribution >= 4 is 22.6 Å². The highest BCUT2D eigenvalue weighted by molar-refractivity contribution is 14.1. The number of halogens is 6. The number of alkyl halides is 5. The Morgan fingerprint density at radius 3 is 2.31 bits per heavy atom. The van der Waals surface area contributed by atoms with E-state index in [0.717, 1.165) is 6.20 Å². The molecule has 90 valence electrons. The van der Waals surface area contributed by atoms with Crippen LogP contribution in [0.25, 0.3) is 0 Å². The number of hydrogen-bond donors (Lipinski definition) is 1. The van der Waals surface area contributed by atoms with E-state index < -0.39 is 23.9 Å². The van der Waals surface area contributed by atoms with Crippen molar-refractivity contribution in [3.05, 3.63) is 26.6 Å². The van der Waals surface area contributed by atoms with E-state index in [1.54, 1.807) is 22.6 Å². The van der Waals surface area contributed by atoms with Crippen LogP contribution in [0.15, 0.2) is 6.20 Å². The number of rotatable bonds is 2. The molecule has 0 bridgehead atoms. The third kappa shape index (κ3) is 2.59. The Kier molecular flexibility index (Phi) is 4.05. The predicted octanol–water partition coefficient (Wildman–Crippen LogP) is 3.10. The zero-order valence-electron chi connectivity index (χ0n) is 7.65. The van der Waals surface area contributed by atoms with E-state index in [0.29, 0.717) is 0 Å². The largest absolute Gasteiger partial charge is 0.433 e. The van der Waals surface area contributed by atoms with E-state index in [1.165, 1.54) is 0 Å². The SMILES string of the molecule is NCc1c(I)cnc(C(F)(F)F)c1C(F)F. The van der Waals surface area contributed by atoms with Crippen LogP contribution in [0, 0.1) is 3.57 Å². The number of pyridine rings is 1. The average molecular weight is 352 g/mol. The summed E-state index contributed by atoms with van der Waals surface area (Å²) < 4.78 is 62.6. The molecule has 2 nitrogen and oxygen atoms in total. The van der Waals surface area contributed by atoms with Gasteiger partial charge in [-0.1, -0.05) is 0 Å². The Balaban J connectivity index is 3.52. The van der Waals surface area contributed by atoms with Gasteiger partial charge in [-0.05, 0) is 28.2 Å². The molecule has 16 heavy (non-hydrogen) atoms. The van der Waals surface area contributed by atoms with Gasteiger partial charge in [-0.2, -0.15) is 13.2 Å². The molecule has 0 spiro atoms. The Morgan fingerprint density at radius 2 is 1.94 bits per heavy atom. The van der Waals surface area contributed by atoms with E-state index >= 15 is 0 Å². The third-order valence-corrected chi connectivity index (χ3v) is 2.80. The maximum atomic E-state index is 12.6. The monoisotopic (exact) mass is 352 g/mol. The first-order valence-electron chi connectivity index (χ1n) is 4.01. The minimum Gasteiger partial charge on any atom is -0.326 e. The molecule has 0 unspecified atom stereocenters. The topological polar surface area (TPSA) is 38.9 Å². The van der Waals surface area contributed by atoms with Crippen LogP contribution in [0.5, 0.6) is 0 Å². The molecule has 1 aromatic rings. The van der Waals surface area contributed by atoms with Crippen LogP contribution in [-0.4, -0.2) is 4.98 Å². The summed E-state index contributed by atoms with van der Waals surface area (Å²) in [5, 5.41) is 0. The lowest BCUT2D eigenvalue weighted by atomic mass is 10.1. The van der Waals surface area contributed by atoms with Gasteiger partial charge in [-0.25, -0.2) is 8.78 Å². The van der Waals surface area contributed by atoms with E-state index in [4.69, 9.17) is 5.73 Å². The fourth-order valence-corrected chi connectivity index (χ4v) is 1.86. The molecule has 0 atom stereocenters. The third-order valence-electron chi connectivity index (χ3n) is 1.87. The van der Waals surface area contributed by atoms with Gasteiger partial charge in [0.05, 0.1) is 5.56 Å². The van der Waals surface area contributed by atoms with Gasteiger partial charge in [0.2, 0.25) is 0 Å². The van der Waals surface area contributed by atoms with Crippen LogP contribution < -0.4 is 5.73 Å². The number of nitrogens with two attached hydrogens (primary N) is 1. The minimum atomic E-state index is -4.90. The second-order valence-corrected chi connectivity index (χ2v) is 4.01. The van der Waals surface area contributed by atoms with Gasteiger partial charge in [0, 0.05) is 16.3 Å². The van der Waals surface area contributed by atoms with E-state index in [9.17, 15) is 22.0 Å².